The van der Waals surface area contributed by atoms with Crippen molar-refractivity contribution < 1.29 is 8.42 Å². The molecule has 0 aromatic heterocycles. The van der Waals surface area contributed by atoms with Crippen LogP contribution in [0.4, 0.5) is 0 Å². The lowest BCUT2D eigenvalue weighted by molar-refractivity contribution is 0.566. The molecule has 0 radical (unpaired) electrons. The lowest BCUT2D eigenvalue weighted by Crippen LogP contribution is -2.29. The van der Waals surface area contributed by atoms with Gasteiger partial charge in [0.1, 0.15) is 0 Å². The molecule has 1 unspecified atom stereocenters. The van der Waals surface area contributed by atoms with Gasteiger partial charge >= 0.3 is 0 Å². The van der Waals surface area contributed by atoms with Crippen molar-refractivity contribution in [1.82, 2.24) is 5.32 Å². The first-order valence-electron chi connectivity index (χ1n) is 7.24. The molecular formula is C16H27NO2S. The second kappa shape index (κ2) is 7.23. The Morgan fingerprint density at radius 1 is 1.05 bits per heavy atom. The first kappa shape index (κ1) is 17.2. The number of hydrogen-bond donors (Lipinski definition) is 1. The molecule has 1 aromatic carbocycles. The summed E-state index contributed by atoms with van der Waals surface area (Å²) >= 11 is 0. The van der Waals surface area contributed by atoms with E-state index < -0.39 is 9.84 Å². The molecule has 1 rings (SSSR count). The molecule has 0 aliphatic heterocycles. The predicted octanol–water partition coefficient (Wildman–Crippen LogP) is 2.97. The Morgan fingerprint density at radius 3 is 2.00 bits per heavy atom. The molecule has 0 bridgehead atoms. The fourth-order valence-corrected chi connectivity index (χ4v) is 3.34. The molecule has 0 saturated carbocycles. The van der Waals surface area contributed by atoms with Crippen LogP contribution in [0.5, 0.6) is 0 Å². The van der Waals surface area contributed by atoms with Gasteiger partial charge in [-0.1, -0.05) is 38.1 Å². The Labute approximate surface area is 123 Å². The summed E-state index contributed by atoms with van der Waals surface area (Å²) in [5.41, 5.74) is 2.33. The third-order valence-corrected chi connectivity index (χ3v) is 5.73. The van der Waals surface area contributed by atoms with E-state index in [1.54, 1.807) is 13.8 Å². The molecule has 20 heavy (non-hydrogen) atoms. The molecule has 1 N–H and O–H groups in total. The molecule has 0 fully saturated rings. The van der Waals surface area contributed by atoms with Crippen LogP contribution in [0.3, 0.4) is 0 Å². The summed E-state index contributed by atoms with van der Waals surface area (Å²) < 4.78 is 24.1. The SMILES string of the molecule is CNC(CS(=O)(=O)C(C)C)c1ccc(CC(C)C)cc1. The van der Waals surface area contributed by atoms with Gasteiger partial charge in [-0.2, -0.15) is 0 Å². The molecule has 0 saturated heterocycles. The molecular weight excluding hydrogens is 270 g/mol. The van der Waals surface area contributed by atoms with Crippen LogP contribution in [0.15, 0.2) is 24.3 Å². The van der Waals surface area contributed by atoms with E-state index >= 15 is 0 Å². The van der Waals surface area contributed by atoms with Gasteiger partial charge in [-0.25, -0.2) is 8.42 Å². The molecule has 1 aromatic rings. The largest absolute Gasteiger partial charge is 0.312 e. The van der Waals surface area contributed by atoms with Gasteiger partial charge in [0.15, 0.2) is 9.84 Å². The van der Waals surface area contributed by atoms with Crippen molar-refractivity contribution in [3.05, 3.63) is 35.4 Å². The number of rotatable bonds is 7. The summed E-state index contributed by atoms with van der Waals surface area (Å²) in [6.45, 7) is 7.85. The fraction of sp³-hybridized carbons (Fsp3) is 0.625. The van der Waals surface area contributed by atoms with Crippen molar-refractivity contribution in [2.45, 2.75) is 45.4 Å². The first-order chi connectivity index (χ1) is 9.26. The minimum atomic E-state index is -3.05. The Balaban J connectivity index is 2.86. The summed E-state index contributed by atoms with van der Waals surface area (Å²) in [4.78, 5) is 0. The van der Waals surface area contributed by atoms with Crippen LogP contribution in [0.25, 0.3) is 0 Å². The first-order valence-corrected chi connectivity index (χ1v) is 8.95. The Morgan fingerprint density at radius 2 is 1.60 bits per heavy atom. The van der Waals surface area contributed by atoms with E-state index in [0.717, 1.165) is 12.0 Å². The third-order valence-electron chi connectivity index (χ3n) is 3.49. The van der Waals surface area contributed by atoms with Crippen molar-refractivity contribution in [2.75, 3.05) is 12.8 Å². The highest BCUT2D eigenvalue weighted by Crippen LogP contribution is 2.19. The third kappa shape index (κ3) is 4.91. The van der Waals surface area contributed by atoms with E-state index in [1.165, 1.54) is 5.56 Å². The van der Waals surface area contributed by atoms with Crippen LogP contribution in [-0.2, 0) is 16.3 Å². The van der Waals surface area contributed by atoms with Crippen molar-refractivity contribution in [3.8, 4) is 0 Å². The molecule has 0 heterocycles. The van der Waals surface area contributed by atoms with E-state index in [2.05, 4.69) is 31.3 Å². The van der Waals surface area contributed by atoms with E-state index in [4.69, 9.17) is 0 Å². The topological polar surface area (TPSA) is 46.2 Å². The van der Waals surface area contributed by atoms with Crippen molar-refractivity contribution in [2.24, 2.45) is 5.92 Å². The van der Waals surface area contributed by atoms with Crippen LogP contribution >= 0.6 is 0 Å². The van der Waals surface area contributed by atoms with E-state index in [1.807, 2.05) is 19.2 Å². The second-order valence-corrected chi connectivity index (χ2v) is 8.66. The van der Waals surface area contributed by atoms with Gasteiger partial charge in [0.25, 0.3) is 0 Å². The number of sulfone groups is 1. The minimum Gasteiger partial charge on any atom is -0.312 e. The summed E-state index contributed by atoms with van der Waals surface area (Å²) in [5, 5.41) is 2.78. The molecule has 3 nitrogen and oxygen atoms in total. The number of benzene rings is 1. The smallest absolute Gasteiger partial charge is 0.154 e. The van der Waals surface area contributed by atoms with Gasteiger partial charge in [-0.3, -0.25) is 0 Å². The van der Waals surface area contributed by atoms with Gasteiger partial charge in [0.2, 0.25) is 0 Å². The van der Waals surface area contributed by atoms with Gasteiger partial charge in [-0.05, 0) is 44.4 Å². The Bertz CT molecular complexity index is 504. The van der Waals surface area contributed by atoms with E-state index in [-0.39, 0.29) is 17.0 Å². The maximum atomic E-state index is 12.0. The zero-order valence-corrected chi connectivity index (χ0v) is 14.0. The average Bonchev–Trinajstić information content (AvgIpc) is 2.36. The lowest BCUT2D eigenvalue weighted by atomic mass is 10.00. The standard InChI is InChI=1S/C16H27NO2S/c1-12(2)10-14-6-8-15(9-7-14)16(17-5)11-20(18,19)13(3)4/h6-9,12-13,16-17H,10-11H2,1-5H3. The zero-order valence-electron chi connectivity index (χ0n) is 13.2. The molecule has 0 spiro atoms. The molecule has 114 valence electrons. The van der Waals surface area contributed by atoms with Crippen LogP contribution < -0.4 is 5.32 Å². The van der Waals surface area contributed by atoms with E-state index in [9.17, 15) is 8.42 Å². The summed E-state index contributed by atoms with van der Waals surface area (Å²) in [7, 11) is -1.24. The van der Waals surface area contributed by atoms with Crippen LogP contribution in [0, 0.1) is 5.92 Å². The van der Waals surface area contributed by atoms with Crippen LogP contribution in [-0.4, -0.2) is 26.5 Å². The molecule has 1 atom stereocenters. The van der Waals surface area contributed by atoms with E-state index in [0.29, 0.717) is 5.92 Å². The number of hydrogen-bond acceptors (Lipinski definition) is 3. The molecule has 0 aliphatic rings. The average molecular weight is 297 g/mol. The summed E-state index contributed by atoms with van der Waals surface area (Å²) in [5.74, 6) is 0.771. The summed E-state index contributed by atoms with van der Waals surface area (Å²) in [6, 6.07) is 8.13. The highest BCUT2D eigenvalue weighted by atomic mass is 32.2. The van der Waals surface area contributed by atoms with Crippen molar-refractivity contribution >= 4 is 9.84 Å². The minimum absolute atomic E-state index is 0.143. The van der Waals surface area contributed by atoms with Crippen LogP contribution in [0.2, 0.25) is 0 Å². The molecule has 0 amide bonds. The maximum Gasteiger partial charge on any atom is 0.154 e. The monoisotopic (exact) mass is 297 g/mol. The Kier molecular flexibility index (Phi) is 6.21. The zero-order chi connectivity index (χ0) is 15.3. The van der Waals surface area contributed by atoms with Gasteiger partial charge in [-0.15, -0.1) is 0 Å². The summed E-state index contributed by atoms with van der Waals surface area (Å²) in [6.07, 6.45) is 1.05. The van der Waals surface area contributed by atoms with Crippen molar-refractivity contribution in [3.63, 3.8) is 0 Å². The lowest BCUT2D eigenvalue weighted by Gasteiger charge is -2.19. The Hall–Kier alpha value is -0.870. The quantitative estimate of drug-likeness (QED) is 0.841. The predicted molar refractivity (Wildman–Crippen MR) is 85.7 cm³/mol. The van der Waals surface area contributed by atoms with Crippen LogP contribution in [0.1, 0.15) is 44.9 Å². The van der Waals surface area contributed by atoms with Gasteiger partial charge in [0, 0.05) is 6.04 Å². The number of nitrogens with one attached hydrogen (secondary N) is 1. The second-order valence-electron chi connectivity index (χ2n) is 6.06. The normalized spacial score (nSPS) is 13.9. The highest BCUT2D eigenvalue weighted by Gasteiger charge is 2.22. The maximum absolute atomic E-state index is 12.0. The molecule has 0 aliphatic carbocycles. The molecule has 4 heteroatoms. The van der Waals surface area contributed by atoms with Gasteiger partial charge < -0.3 is 5.32 Å². The highest BCUT2D eigenvalue weighted by molar-refractivity contribution is 7.92. The van der Waals surface area contributed by atoms with Crippen molar-refractivity contribution in [1.29, 1.82) is 0 Å². The fourth-order valence-electron chi connectivity index (χ4n) is 2.13. The van der Waals surface area contributed by atoms with Gasteiger partial charge in [0.05, 0.1) is 11.0 Å².